The molecule has 1 atom stereocenters. The van der Waals surface area contributed by atoms with Crippen LogP contribution in [0.4, 0.5) is 0 Å². The zero-order valence-corrected chi connectivity index (χ0v) is 10.9. The Hall–Kier alpha value is -0.120. The Labute approximate surface area is 100 Å². The van der Waals surface area contributed by atoms with Crippen LogP contribution >= 0.6 is 0 Å². The van der Waals surface area contributed by atoms with Crippen molar-refractivity contribution in [2.75, 3.05) is 39.8 Å². The molecule has 1 heterocycles. The summed E-state index contributed by atoms with van der Waals surface area (Å²) in [5.41, 5.74) is 0. The molecule has 1 saturated heterocycles. The molecule has 1 aliphatic heterocycles. The van der Waals surface area contributed by atoms with E-state index in [-0.39, 0.29) is 0 Å². The van der Waals surface area contributed by atoms with E-state index < -0.39 is 0 Å². The molecule has 1 saturated carbocycles. The van der Waals surface area contributed by atoms with E-state index in [9.17, 15) is 0 Å². The first-order valence-corrected chi connectivity index (χ1v) is 6.94. The van der Waals surface area contributed by atoms with Crippen LogP contribution in [0, 0.1) is 0 Å². The lowest BCUT2D eigenvalue weighted by Crippen LogP contribution is -2.53. The van der Waals surface area contributed by atoms with Gasteiger partial charge in [0.25, 0.3) is 0 Å². The van der Waals surface area contributed by atoms with Crippen LogP contribution in [-0.2, 0) is 0 Å². The Kier molecular flexibility index (Phi) is 4.62. The van der Waals surface area contributed by atoms with Crippen molar-refractivity contribution in [2.24, 2.45) is 0 Å². The molecule has 1 unspecified atom stereocenters. The highest BCUT2D eigenvalue weighted by atomic mass is 15.3. The van der Waals surface area contributed by atoms with Crippen LogP contribution in [0.3, 0.4) is 0 Å². The number of piperazine rings is 1. The van der Waals surface area contributed by atoms with E-state index in [2.05, 4.69) is 22.0 Å². The highest BCUT2D eigenvalue weighted by Gasteiger charge is 2.27. The van der Waals surface area contributed by atoms with Crippen LogP contribution in [0.25, 0.3) is 0 Å². The molecule has 0 spiro atoms. The number of nitrogens with zero attached hydrogens (tertiary/aromatic N) is 2. The van der Waals surface area contributed by atoms with Crippen LogP contribution in [0.1, 0.15) is 32.6 Å². The van der Waals surface area contributed by atoms with Gasteiger partial charge in [0, 0.05) is 44.8 Å². The number of rotatable bonds is 4. The van der Waals surface area contributed by atoms with Crippen molar-refractivity contribution in [1.29, 1.82) is 0 Å². The zero-order valence-electron chi connectivity index (χ0n) is 10.9. The molecule has 0 aromatic carbocycles. The molecule has 1 N–H and O–H groups in total. The van der Waals surface area contributed by atoms with Crippen molar-refractivity contribution < 1.29 is 0 Å². The summed E-state index contributed by atoms with van der Waals surface area (Å²) in [6.07, 6.45) is 5.82. The van der Waals surface area contributed by atoms with E-state index in [1.165, 1.54) is 51.9 Å². The summed E-state index contributed by atoms with van der Waals surface area (Å²) < 4.78 is 0. The van der Waals surface area contributed by atoms with Gasteiger partial charge in [-0.05, 0) is 26.8 Å². The molecule has 2 fully saturated rings. The molecule has 94 valence electrons. The second kappa shape index (κ2) is 5.99. The summed E-state index contributed by atoms with van der Waals surface area (Å²) in [5.74, 6) is 0. The maximum absolute atomic E-state index is 3.28. The molecule has 16 heavy (non-hydrogen) atoms. The largest absolute Gasteiger partial charge is 0.318 e. The van der Waals surface area contributed by atoms with Gasteiger partial charge in [-0.2, -0.15) is 0 Å². The number of likely N-dealkylation sites (N-methyl/N-ethyl adjacent to an activating group) is 1. The third kappa shape index (κ3) is 2.96. The van der Waals surface area contributed by atoms with Crippen LogP contribution in [-0.4, -0.2) is 61.7 Å². The van der Waals surface area contributed by atoms with Crippen molar-refractivity contribution in [3.8, 4) is 0 Å². The van der Waals surface area contributed by atoms with Gasteiger partial charge in [0.05, 0.1) is 0 Å². The molecule has 1 aliphatic carbocycles. The summed E-state index contributed by atoms with van der Waals surface area (Å²) in [7, 11) is 2.05. The Morgan fingerprint density at radius 3 is 2.31 bits per heavy atom. The Morgan fingerprint density at radius 2 is 1.75 bits per heavy atom. The first-order valence-electron chi connectivity index (χ1n) is 6.94. The molecule has 2 aliphatic rings. The third-order valence-electron chi connectivity index (χ3n) is 4.31. The van der Waals surface area contributed by atoms with E-state index in [1.807, 2.05) is 7.05 Å². The van der Waals surface area contributed by atoms with Crippen molar-refractivity contribution in [3.05, 3.63) is 0 Å². The lowest BCUT2D eigenvalue weighted by atomic mass is 10.1. The zero-order chi connectivity index (χ0) is 11.4. The lowest BCUT2D eigenvalue weighted by Gasteiger charge is -2.40. The Balaban J connectivity index is 1.73. The second-order valence-corrected chi connectivity index (χ2v) is 5.42. The van der Waals surface area contributed by atoms with Gasteiger partial charge in [-0.15, -0.1) is 0 Å². The van der Waals surface area contributed by atoms with Gasteiger partial charge in [0.15, 0.2) is 0 Å². The minimum absolute atomic E-state index is 0.690. The van der Waals surface area contributed by atoms with E-state index >= 15 is 0 Å². The van der Waals surface area contributed by atoms with Gasteiger partial charge in [0.2, 0.25) is 0 Å². The normalized spacial score (nSPS) is 27.4. The third-order valence-corrected chi connectivity index (χ3v) is 4.31. The monoisotopic (exact) mass is 225 g/mol. The van der Waals surface area contributed by atoms with Gasteiger partial charge in [-0.25, -0.2) is 0 Å². The van der Waals surface area contributed by atoms with Crippen molar-refractivity contribution in [1.82, 2.24) is 15.1 Å². The van der Waals surface area contributed by atoms with Crippen LogP contribution < -0.4 is 5.32 Å². The average molecular weight is 225 g/mol. The minimum atomic E-state index is 0.690. The van der Waals surface area contributed by atoms with E-state index in [0.29, 0.717) is 6.04 Å². The van der Waals surface area contributed by atoms with Crippen LogP contribution in [0.2, 0.25) is 0 Å². The van der Waals surface area contributed by atoms with Gasteiger partial charge in [0.1, 0.15) is 0 Å². The molecule has 3 nitrogen and oxygen atoms in total. The van der Waals surface area contributed by atoms with E-state index in [1.54, 1.807) is 0 Å². The summed E-state index contributed by atoms with van der Waals surface area (Å²) in [6.45, 7) is 8.56. The SMILES string of the molecule is CNCC(C)N1CCN(C2CCCC2)CC1. The van der Waals surface area contributed by atoms with Gasteiger partial charge < -0.3 is 5.32 Å². The van der Waals surface area contributed by atoms with Gasteiger partial charge in [-0.3, -0.25) is 9.80 Å². The molecule has 0 amide bonds. The molecule has 0 radical (unpaired) electrons. The van der Waals surface area contributed by atoms with Gasteiger partial charge >= 0.3 is 0 Å². The maximum Gasteiger partial charge on any atom is 0.0193 e. The minimum Gasteiger partial charge on any atom is -0.318 e. The fourth-order valence-corrected chi connectivity index (χ4v) is 3.24. The first kappa shape index (κ1) is 12.3. The predicted octanol–water partition coefficient (Wildman–Crippen LogP) is 1.15. The fraction of sp³-hybridized carbons (Fsp3) is 1.00. The molecule has 2 rings (SSSR count). The number of hydrogen-bond acceptors (Lipinski definition) is 3. The van der Waals surface area contributed by atoms with Crippen molar-refractivity contribution >= 4 is 0 Å². The Bertz CT molecular complexity index is 193. The lowest BCUT2D eigenvalue weighted by molar-refractivity contribution is 0.0755. The second-order valence-electron chi connectivity index (χ2n) is 5.42. The van der Waals surface area contributed by atoms with E-state index in [4.69, 9.17) is 0 Å². The van der Waals surface area contributed by atoms with Crippen LogP contribution in [0.15, 0.2) is 0 Å². The summed E-state index contributed by atoms with van der Waals surface area (Å²) in [6, 6.07) is 1.61. The summed E-state index contributed by atoms with van der Waals surface area (Å²) >= 11 is 0. The summed E-state index contributed by atoms with van der Waals surface area (Å²) in [5, 5.41) is 3.28. The first-order chi connectivity index (χ1) is 7.81. The van der Waals surface area contributed by atoms with Crippen molar-refractivity contribution in [2.45, 2.75) is 44.7 Å². The smallest absolute Gasteiger partial charge is 0.0193 e. The fourth-order valence-electron chi connectivity index (χ4n) is 3.24. The number of nitrogens with one attached hydrogen (secondary N) is 1. The van der Waals surface area contributed by atoms with E-state index in [0.717, 1.165) is 12.6 Å². The summed E-state index contributed by atoms with van der Waals surface area (Å²) in [4.78, 5) is 5.36. The highest BCUT2D eigenvalue weighted by Crippen LogP contribution is 2.24. The molecular formula is C13H27N3. The quantitative estimate of drug-likeness (QED) is 0.774. The topological polar surface area (TPSA) is 18.5 Å². The van der Waals surface area contributed by atoms with Crippen molar-refractivity contribution in [3.63, 3.8) is 0 Å². The molecule has 0 bridgehead atoms. The Morgan fingerprint density at radius 1 is 1.12 bits per heavy atom. The average Bonchev–Trinajstić information content (AvgIpc) is 2.83. The molecule has 0 aromatic rings. The number of hydrogen-bond donors (Lipinski definition) is 1. The standard InChI is InChI=1S/C13H27N3/c1-12(11-14-2)15-7-9-16(10-8-15)13-5-3-4-6-13/h12-14H,3-11H2,1-2H3. The molecule has 3 heteroatoms. The maximum atomic E-state index is 3.28. The van der Waals surface area contributed by atoms with Gasteiger partial charge in [-0.1, -0.05) is 12.8 Å². The predicted molar refractivity (Wildman–Crippen MR) is 68.8 cm³/mol. The van der Waals surface area contributed by atoms with Crippen LogP contribution in [0.5, 0.6) is 0 Å². The molecule has 0 aromatic heterocycles. The molecular weight excluding hydrogens is 198 g/mol. The highest BCUT2D eigenvalue weighted by molar-refractivity contribution is 4.83.